The van der Waals surface area contributed by atoms with Crippen LogP contribution in [0.5, 0.6) is 11.6 Å². The van der Waals surface area contributed by atoms with E-state index in [1.54, 1.807) is 12.4 Å². The molecule has 9 heteroatoms. The number of aldehydes is 1. The minimum atomic E-state index is 0.233. The Balaban J connectivity index is 0.000000455. The summed E-state index contributed by atoms with van der Waals surface area (Å²) < 4.78 is 10.6. The summed E-state index contributed by atoms with van der Waals surface area (Å²) in [5, 5.41) is 7.96. The Morgan fingerprint density at radius 1 is 1.06 bits per heavy atom. The van der Waals surface area contributed by atoms with Crippen molar-refractivity contribution in [1.82, 2.24) is 30.0 Å². The van der Waals surface area contributed by atoms with Crippen LogP contribution in [0, 0.1) is 0 Å². The van der Waals surface area contributed by atoms with Gasteiger partial charge in [0.15, 0.2) is 0 Å². The largest absolute Gasteiger partial charge is 0.439 e. The first-order chi connectivity index (χ1) is 17.6. The zero-order valence-electron chi connectivity index (χ0n) is 20.8. The van der Waals surface area contributed by atoms with E-state index in [2.05, 4.69) is 48.9 Å². The first-order valence-corrected chi connectivity index (χ1v) is 12.1. The molecule has 0 atom stereocenters. The maximum Gasteiger partial charge on any atom is 0.219 e. The summed E-state index contributed by atoms with van der Waals surface area (Å²) in [7, 11) is 2.18. The molecule has 1 fully saturated rings. The number of piperazine rings is 1. The van der Waals surface area contributed by atoms with E-state index in [-0.39, 0.29) is 6.61 Å². The normalized spacial score (nSPS) is 14.3. The Kier molecular flexibility index (Phi) is 9.09. The molecular formula is C27H32N6O3. The van der Waals surface area contributed by atoms with Crippen molar-refractivity contribution in [2.75, 3.05) is 46.4 Å². The highest BCUT2D eigenvalue weighted by molar-refractivity contribution is 5.80. The van der Waals surface area contributed by atoms with Gasteiger partial charge >= 0.3 is 0 Å². The van der Waals surface area contributed by atoms with E-state index in [0.29, 0.717) is 12.5 Å². The van der Waals surface area contributed by atoms with Gasteiger partial charge in [0.05, 0.1) is 16.9 Å². The molecule has 4 heterocycles. The lowest BCUT2D eigenvalue weighted by atomic mass is 10.2. The fraction of sp³-hybridized carbons (Fsp3) is 0.333. The number of hydrogen-bond acceptors (Lipinski definition) is 8. The van der Waals surface area contributed by atoms with Gasteiger partial charge in [0.2, 0.25) is 5.88 Å². The van der Waals surface area contributed by atoms with E-state index >= 15 is 0 Å². The summed E-state index contributed by atoms with van der Waals surface area (Å²) in [4.78, 5) is 23.5. The predicted octanol–water partition coefficient (Wildman–Crippen LogP) is 3.78. The third-order valence-corrected chi connectivity index (χ3v) is 5.86. The fourth-order valence-corrected chi connectivity index (χ4v) is 3.84. The van der Waals surface area contributed by atoms with Gasteiger partial charge in [-0.05, 0) is 50.4 Å². The van der Waals surface area contributed by atoms with Crippen LogP contribution < -0.4 is 4.74 Å². The molecule has 0 spiro atoms. The lowest BCUT2D eigenvalue weighted by Gasteiger charge is -2.32. The first-order valence-electron chi connectivity index (χ1n) is 12.1. The lowest BCUT2D eigenvalue weighted by Crippen LogP contribution is -2.43. The molecule has 36 heavy (non-hydrogen) atoms. The van der Waals surface area contributed by atoms with Crippen molar-refractivity contribution in [2.24, 2.45) is 0 Å². The lowest BCUT2D eigenvalue weighted by molar-refractivity contribution is -0.111. The zero-order valence-corrected chi connectivity index (χ0v) is 20.8. The number of fused-ring (bicyclic) bond motifs is 1. The Morgan fingerprint density at radius 3 is 2.58 bits per heavy atom. The van der Waals surface area contributed by atoms with E-state index in [1.165, 1.54) is 0 Å². The van der Waals surface area contributed by atoms with E-state index in [9.17, 15) is 4.79 Å². The Labute approximate surface area is 211 Å². The zero-order chi connectivity index (χ0) is 25.2. The van der Waals surface area contributed by atoms with Crippen LogP contribution in [0.15, 0.2) is 60.9 Å². The second kappa shape index (κ2) is 12.9. The minimum Gasteiger partial charge on any atom is -0.439 e. The number of likely N-dealkylation sites (N-methyl/N-ethyl adjacent to an activating group) is 1. The predicted molar refractivity (Wildman–Crippen MR) is 139 cm³/mol. The van der Waals surface area contributed by atoms with Crippen molar-refractivity contribution in [3.05, 3.63) is 66.6 Å². The number of pyridine rings is 2. The molecule has 1 aromatic carbocycles. The van der Waals surface area contributed by atoms with Crippen LogP contribution in [0.1, 0.15) is 12.6 Å². The summed E-state index contributed by atoms with van der Waals surface area (Å²) in [5.41, 5.74) is 3.99. The molecule has 1 N–H and O–H groups in total. The molecule has 0 bridgehead atoms. The maximum absolute atomic E-state index is 9.44. The molecule has 4 aromatic rings. The highest BCUT2D eigenvalue weighted by atomic mass is 16.5. The second-order valence-electron chi connectivity index (χ2n) is 8.52. The van der Waals surface area contributed by atoms with Gasteiger partial charge in [0.25, 0.3) is 0 Å². The standard InChI is InChI=1S/C23H24N6O.C4H8O2/c1-28-10-12-29(13-11-28)16-19-4-2-17-14-20(5-6-21(17)26-19)30-23-7-3-18(15-24-23)22-8-9-25-27-22;1-2-6-4-3-5/h2-9,14-15H,10-13,16H2,1H3,(H,25,27);3H,2,4H2,1H3. The number of rotatable bonds is 8. The van der Waals surface area contributed by atoms with Gasteiger partial charge in [0, 0.05) is 68.7 Å². The number of carbonyl (C=O) groups excluding carboxylic acids is 1. The smallest absolute Gasteiger partial charge is 0.219 e. The molecule has 0 aliphatic carbocycles. The molecule has 1 aliphatic heterocycles. The third-order valence-electron chi connectivity index (χ3n) is 5.86. The number of aromatic nitrogens is 4. The number of aromatic amines is 1. The number of nitrogens with one attached hydrogen (secondary N) is 1. The van der Waals surface area contributed by atoms with Crippen LogP contribution in [0.25, 0.3) is 22.2 Å². The van der Waals surface area contributed by atoms with Crippen molar-refractivity contribution >= 4 is 17.2 Å². The molecule has 0 radical (unpaired) electrons. The number of benzene rings is 1. The Bertz CT molecular complexity index is 1220. The molecule has 0 amide bonds. The van der Waals surface area contributed by atoms with Crippen LogP contribution in [-0.4, -0.2) is 82.7 Å². The van der Waals surface area contributed by atoms with Crippen molar-refractivity contribution in [1.29, 1.82) is 0 Å². The summed E-state index contributed by atoms with van der Waals surface area (Å²) in [5.74, 6) is 1.30. The molecule has 188 valence electrons. The molecule has 9 nitrogen and oxygen atoms in total. The number of ether oxygens (including phenoxy) is 2. The highest BCUT2D eigenvalue weighted by Gasteiger charge is 2.14. The fourth-order valence-electron chi connectivity index (χ4n) is 3.84. The molecule has 0 unspecified atom stereocenters. The minimum absolute atomic E-state index is 0.233. The van der Waals surface area contributed by atoms with E-state index < -0.39 is 0 Å². The van der Waals surface area contributed by atoms with Gasteiger partial charge < -0.3 is 19.2 Å². The SMILES string of the molecule is CCOCC=O.CN1CCN(Cc2ccc3cc(Oc4ccc(-c5ccn[nH]5)cn4)ccc3n2)CC1. The molecule has 3 aromatic heterocycles. The van der Waals surface area contributed by atoms with Gasteiger partial charge in [-0.2, -0.15) is 5.10 Å². The average molecular weight is 489 g/mol. The number of carbonyl (C=O) groups is 1. The van der Waals surface area contributed by atoms with Gasteiger partial charge in [-0.1, -0.05) is 6.07 Å². The maximum atomic E-state index is 9.44. The Hall–Kier alpha value is -3.66. The van der Waals surface area contributed by atoms with E-state index in [1.807, 2.05) is 43.3 Å². The summed E-state index contributed by atoms with van der Waals surface area (Å²) in [6.45, 7) is 8.02. The van der Waals surface area contributed by atoms with Gasteiger partial charge in [-0.3, -0.25) is 15.0 Å². The monoisotopic (exact) mass is 488 g/mol. The topological polar surface area (TPSA) is 96.5 Å². The summed E-state index contributed by atoms with van der Waals surface area (Å²) in [6.07, 6.45) is 4.24. The summed E-state index contributed by atoms with van der Waals surface area (Å²) in [6, 6.07) is 15.9. The molecular weight excluding hydrogens is 456 g/mol. The van der Waals surface area contributed by atoms with Crippen LogP contribution in [0.4, 0.5) is 0 Å². The molecule has 1 aliphatic rings. The average Bonchev–Trinajstić information content (AvgIpc) is 3.45. The van der Waals surface area contributed by atoms with Crippen molar-refractivity contribution < 1.29 is 14.3 Å². The van der Waals surface area contributed by atoms with Gasteiger partial charge in [0.1, 0.15) is 18.6 Å². The molecule has 0 saturated carbocycles. The third kappa shape index (κ3) is 7.17. The quantitative estimate of drug-likeness (QED) is 0.296. The van der Waals surface area contributed by atoms with Crippen LogP contribution in [-0.2, 0) is 16.1 Å². The first kappa shape index (κ1) is 25.4. The molecule has 5 rings (SSSR count). The highest BCUT2D eigenvalue weighted by Crippen LogP contribution is 2.25. The number of hydrogen-bond donors (Lipinski definition) is 1. The summed E-state index contributed by atoms with van der Waals surface area (Å²) >= 11 is 0. The van der Waals surface area contributed by atoms with Crippen molar-refractivity contribution in [2.45, 2.75) is 13.5 Å². The van der Waals surface area contributed by atoms with E-state index in [4.69, 9.17) is 9.72 Å². The van der Waals surface area contributed by atoms with Crippen LogP contribution in [0.2, 0.25) is 0 Å². The second-order valence-corrected chi connectivity index (χ2v) is 8.52. The number of nitrogens with zero attached hydrogens (tertiary/aromatic N) is 5. The Morgan fingerprint density at radius 2 is 1.92 bits per heavy atom. The van der Waals surface area contributed by atoms with Gasteiger partial charge in [-0.15, -0.1) is 0 Å². The van der Waals surface area contributed by atoms with Crippen LogP contribution in [0.3, 0.4) is 0 Å². The molecule has 1 saturated heterocycles. The number of H-pyrrole nitrogens is 1. The van der Waals surface area contributed by atoms with Gasteiger partial charge in [-0.25, -0.2) is 4.98 Å². The van der Waals surface area contributed by atoms with Crippen LogP contribution >= 0.6 is 0 Å². The van der Waals surface area contributed by atoms with E-state index in [0.717, 1.165) is 72.6 Å². The van der Waals surface area contributed by atoms with Crippen molar-refractivity contribution in [3.8, 4) is 22.9 Å². The van der Waals surface area contributed by atoms with Crippen molar-refractivity contribution in [3.63, 3.8) is 0 Å².